The minimum atomic E-state index is -0.555. The molecule has 2 heterocycles. The minimum Gasteiger partial charge on any atom is -0.497 e. The third-order valence-corrected chi connectivity index (χ3v) is 5.15. The van der Waals surface area contributed by atoms with Crippen molar-refractivity contribution in [1.29, 1.82) is 0 Å². The molecular formula is C22H22N4O4. The molecule has 2 aromatic carbocycles. The van der Waals surface area contributed by atoms with E-state index in [4.69, 9.17) is 15.2 Å². The van der Waals surface area contributed by atoms with Crippen LogP contribution in [0.2, 0.25) is 0 Å². The summed E-state index contributed by atoms with van der Waals surface area (Å²) in [5, 5.41) is 6.76. The number of carbonyl (C=O) groups is 2. The fourth-order valence-corrected chi connectivity index (χ4v) is 3.65. The van der Waals surface area contributed by atoms with Crippen molar-refractivity contribution >= 4 is 11.8 Å². The molecule has 3 N–H and O–H groups in total. The number of nitrogens with two attached hydrogens (primary N) is 1. The maximum atomic E-state index is 13.3. The lowest BCUT2D eigenvalue weighted by Crippen LogP contribution is -2.33. The fraction of sp³-hybridized carbons (Fsp3) is 0.227. The molecular weight excluding hydrogens is 384 g/mol. The molecule has 0 spiro atoms. The Morgan fingerprint density at radius 3 is 2.87 bits per heavy atom. The topological polar surface area (TPSA) is 111 Å². The molecule has 8 heteroatoms. The van der Waals surface area contributed by atoms with Crippen molar-refractivity contribution in [3.05, 3.63) is 71.5 Å². The molecule has 1 aliphatic rings. The average Bonchev–Trinajstić information content (AvgIpc) is 3.40. The Morgan fingerprint density at radius 1 is 1.27 bits per heavy atom. The van der Waals surface area contributed by atoms with Gasteiger partial charge in [0, 0.05) is 23.9 Å². The molecule has 1 aromatic heterocycles. The van der Waals surface area contributed by atoms with Crippen LogP contribution in [-0.4, -0.2) is 47.2 Å². The average molecular weight is 406 g/mol. The van der Waals surface area contributed by atoms with Gasteiger partial charge in [0.25, 0.3) is 5.91 Å². The highest BCUT2D eigenvalue weighted by Crippen LogP contribution is 2.34. The Kier molecular flexibility index (Phi) is 5.49. The summed E-state index contributed by atoms with van der Waals surface area (Å²) >= 11 is 0. The van der Waals surface area contributed by atoms with Crippen molar-refractivity contribution in [2.45, 2.75) is 12.6 Å². The molecule has 0 fully saturated rings. The first-order valence-corrected chi connectivity index (χ1v) is 9.50. The van der Waals surface area contributed by atoms with Crippen LogP contribution in [0.3, 0.4) is 0 Å². The Balaban J connectivity index is 1.64. The number of carbonyl (C=O) groups excluding carboxylic acids is 2. The number of methoxy groups -OCH3 is 1. The summed E-state index contributed by atoms with van der Waals surface area (Å²) in [4.78, 5) is 26.2. The van der Waals surface area contributed by atoms with E-state index in [1.807, 2.05) is 42.5 Å². The van der Waals surface area contributed by atoms with Crippen LogP contribution in [-0.2, 0) is 16.1 Å². The zero-order chi connectivity index (χ0) is 21.1. The maximum Gasteiger partial charge on any atom is 0.255 e. The van der Waals surface area contributed by atoms with Crippen molar-refractivity contribution in [3.8, 4) is 16.9 Å². The number of rotatable bonds is 8. The van der Waals surface area contributed by atoms with Gasteiger partial charge in [0.15, 0.2) is 0 Å². The van der Waals surface area contributed by atoms with Gasteiger partial charge in [-0.2, -0.15) is 5.10 Å². The van der Waals surface area contributed by atoms with Crippen LogP contribution in [0.4, 0.5) is 0 Å². The number of fused-ring (bicyclic) bond motifs is 1. The summed E-state index contributed by atoms with van der Waals surface area (Å²) in [5.74, 6) is 0.0322. The second-order valence-electron chi connectivity index (χ2n) is 7.07. The smallest absolute Gasteiger partial charge is 0.255 e. The molecule has 0 aliphatic carbocycles. The van der Waals surface area contributed by atoms with Gasteiger partial charge in [-0.25, -0.2) is 0 Å². The van der Waals surface area contributed by atoms with E-state index in [9.17, 15) is 9.59 Å². The first-order chi connectivity index (χ1) is 14.6. The molecule has 1 aliphatic heterocycles. The summed E-state index contributed by atoms with van der Waals surface area (Å²) in [6.07, 6.45) is 3.51. The lowest BCUT2D eigenvalue weighted by atomic mass is 10.0. The number of nitrogens with zero attached hydrogens (tertiary/aromatic N) is 2. The highest BCUT2D eigenvalue weighted by molar-refractivity contribution is 5.99. The summed E-state index contributed by atoms with van der Waals surface area (Å²) in [5.41, 5.74) is 9.48. The first kappa shape index (κ1) is 19.7. The third kappa shape index (κ3) is 3.90. The van der Waals surface area contributed by atoms with Crippen molar-refractivity contribution in [2.24, 2.45) is 5.73 Å². The van der Waals surface area contributed by atoms with E-state index in [0.29, 0.717) is 17.9 Å². The molecule has 2 amide bonds. The van der Waals surface area contributed by atoms with Gasteiger partial charge in [-0.05, 0) is 34.9 Å². The van der Waals surface area contributed by atoms with E-state index < -0.39 is 11.9 Å². The molecule has 0 saturated heterocycles. The highest BCUT2D eigenvalue weighted by atomic mass is 16.5. The van der Waals surface area contributed by atoms with Crippen LogP contribution < -0.4 is 10.5 Å². The zero-order valence-electron chi connectivity index (χ0n) is 16.5. The summed E-state index contributed by atoms with van der Waals surface area (Å²) in [7, 11) is 1.59. The van der Waals surface area contributed by atoms with Gasteiger partial charge in [0.2, 0.25) is 5.91 Å². The predicted molar refractivity (Wildman–Crippen MR) is 110 cm³/mol. The number of H-pyrrole nitrogens is 1. The molecule has 0 bridgehead atoms. The van der Waals surface area contributed by atoms with Gasteiger partial charge in [0.05, 0.1) is 26.0 Å². The lowest BCUT2D eigenvalue weighted by molar-refractivity contribution is -0.123. The Hall–Kier alpha value is -3.65. The Bertz CT molecular complexity index is 1060. The Labute approximate surface area is 173 Å². The SMILES string of the molecule is COc1cccc(C(COCC(N)=O)N2Cc3ccc(-c4cn[nH]c4)cc3C2=O)c1. The van der Waals surface area contributed by atoms with Crippen LogP contribution >= 0.6 is 0 Å². The lowest BCUT2D eigenvalue weighted by Gasteiger charge is -2.28. The number of hydrogen-bond donors (Lipinski definition) is 2. The second kappa shape index (κ2) is 8.38. The number of aromatic nitrogens is 2. The van der Waals surface area contributed by atoms with Crippen LogP contribution in [0.15, 0.2) is 54.9 Å². The highest BCUT2D eigenvalue weighted by Gasteiger charge is 2.34. The minimum absolute atomic E-state index is 0.0918. The van der Waals surface area contributed by atoms with Crippen molar-refractivity contribution in [1.82, 2.24) is 15.1 Å². The van der Waals surface area contributed by atoms with E-state index in [1.54, 1.807) is 24.4 Å². The number of primary amides is 1. The molecule has 0 saturated carbocycles. The van der Waals surface area contributed by atoms with Crippen molar-refractivity contribution in [2.75, 3.05) is 20.3 Å². The monoisotopic (exact) mass is 406 g/mol. The zero-order valence-corrected chi connectivity index (χ0v) is 16.5. The fourth-order valence-electron chi connectivity index (χ4n) is 3.65. The number of amides is 2. The number of ether oxygens (including phenoxy) is 2. The van der Waals surface area contributed by atoms with Crippen molar-refractivity contribution in [3.63, 3.8) is 0 Å². The van der Waals surface area contributed by atoms with Gasteiger partial charge in [-0.3, -0.25) is 14.7 Å². The van der Waals surface area contributed by atoms with Crippen LogP contribution in [0, 0.1) is 0 Å². The quantitative estimate of drug-likeness (QED) is 0.596. The van der Waals surface area contributed by atoms with E-state index in [1.165, 1.54) is 0 Å². The summed E-state index contributed by atoms with van der Waals surface area (Å²) in [6.45, 7) is 0.381. The largest absolute Gasteiger partial charge is 0.497 e. The second-order valence-corrected chi connectivity index (χ2v) is 7.07. The summed E-state index contributed by atoms with van der Waals surface area (Å²) in [6, 6.07) is 12.9. The molecule has 0 radical (unpaired) electrons. The number of nitrogens with one attached hydrogen (secondary N) is 1. The molecule has 3 aromatic rings. The van der Waals surface area contributed by atoms with Gasteiger partial charge < -0.3 is 20.1 Å². The number of aromatic amines is 1. The van der Waals surface area contributed by atoms with Gasteiger partial charge in [0.1, 0.15) is 12.4 Å². The van der Waals surface area contributed by atoms with Crippen LogP contribution in [0.25, 0.3) is 11.1 Å². The van der Waals surface area contributed by atoms with Gasteiger partial charge in [-0.15, -0.1) is 0 Å². The van der Waals surface area contributed by atoms with Gasteiger partial charge in [-0.1, -0.05) is 24.3 Å². The Morgan fingerprint density at radius 2 is 2.13 bits per heavy atom. The predicted octanol–water partition coefficient (Wildman–Crippen LogP) is 2.28. The van der Waals surface area contributed by atoms with E-state index in [-0.39, 0.29) is 19.1 Å². The normalized spacial score (nSPS) is 13.9. The molecule has 1 atom stereocenters. The molecule has 8 nitrogen and oxygen atoms in total. The molecule has 4 rings (SSSR count). The van der Waals surface area contributed by atoms with E-state index >= 15 is 0 Å². The standard InChI is InChI=1S/C22H22N4O4/c1-29-18-4-2-3-15(7-18)20(12-30-13-21(23)27)26-11-16-6-5-14(8-19(16)22(26)28)17-9-24-25-10-17/h2-10,20H,11-13H2,1H3,(H2,23,27)(H,24,25). The van der Waals surface area contributed by atoms with E-state index in [0.717, 1.165) is 22.3 Å². The number of hydrogen-bond acceptors (Lipinski definition) is 5. The van der Waals surface area contributed by atoms with Crippen molar-refractivity contribution < 1.29 is 19.1 Å². The molecule has 30 heavy (non-hydrogen) atoms. The summed E-state index contributed by atoms with van der Waals surface area (Å²) < 4.78 is 10.8. The molecule has 1 unspecified atom stereocenters. The first-order valence-electron chi connectivity index (χ1n) is 9.50. The van der Waals surface area contributed by atoms with Crippen LogP contribution in [0.1, 0.15) is 27.5 Å². The van der Waals surface area contributed by atoms with Crippen LogP contribution in [0.5, 0.6) is 5.75 Å². The van der Waals surface area contributed by atoms with E-state index in [2.05, 4.69) is 10.2 Å². The molecule has 154 valence electrons. The third-order valence-electron chi connectivity index (χ3n) is 5.15. The van der Waals surface area contributed by atoms with Gasteiger partial charge >= 0.3 is 0 Å². The maximum absolute atomic E-state index is 13.3. The number of benzene rings is 2.